The van der Waals surface area contributed by atoms with Crippen LogP contribution in [0.15, 0.2) is 36.8 Å². The average Bonchev–Trinajstić information content (AvgIpc) is 2.90. The smallest absolute Gasteiger partial charge is 0.314 e. The molecule has 5 nitrogen and oxygen atoms in total. The summed E-state index contributed by atoms with van der Waals surface area (Å²) in [6, 6.07) is 4.27. The Labute approximate surface area is 123 Å². The fraction of sp³-hybridized carbons (Fsp3) is 0.214. The van der Waals surface area contributed by atoms with Crippen LogP contribution in [-0.4, -0.2) is 20.9 Å². The molecule has 0 bridgehead atoms. The van der Waals surface area contributed by atoms with Gasteiger partial charge in [-0.05, 0) is 12.1 Å². The van der Waals surface area contributed by atoms with Gasteiger partial charge in [-0.3, -0.25) is 0 Å². The summed E-state index contributed by atoms with van der Waals surface area (Å²) in [6.07, 6.45) is -1.55. The van der Waals surface area contributed by atoms with E-state index in [0.29, 0.717) is 5.69 Å². The van der Waals surface area contributed by atoms with Crippen LogP contribution in [-0.2, 0) is 19.3 Å². The van der Waals surface area contributed by atoms with Crippen LogP contribution in [0.5, 0.6) is 0 Å². The fourth-order valence-electron chi connectivity index (χ4n) is 2.28. The summed E-state index contributed by atoms with van der Waals surface area (Å²) in [5.74, 6) is 0. The number of hydrogen-bond acceptors (Lipinski definition) is 3. The minimum absolute atomic E-state index is 0.248. The first kappa shape index (κ1) is 14.3. The Morgan fingerprint density at radius 2 is 2.00 bits per heavy atom. The second-order valence-corrected chi connectivity index (χ2v) is 4.82. The van der Waals surface area contributed by atoms with E-state index < -0.39 is 17.8 Å². The van der Waals surface area contributed by atoms with Crippen LogP contribution >= 0.6 is 0 Å². The number of fused-ring (bicyclic) bond motifs is 1. The van der Waals surface area contributed by atoms with E-state index in [0.717, 1.165) is 11.6 Å². The number of nitrogens with one attached hydrogen (secondary N) is 1. The van der Waals surface area contributed by atoms with E-state index in [1.54, 1.807) is 6.20 Å². The molecule has 0 unspecified atom stereocenters. The van der Waals surface area contributed by atoms with E-state index in [2.05, 4.69) is 15.3 Å². The van der Waals surface area contributed by atoms with Gasteiger partial charge >= 0.3 is 12.2 Å². The molecular weight excluding hydrogens is 297 g/mol. The van der Waals surface area contributed by atoms with Crippen molar-refractivity contribution in [2.75, 3.05) is 5.32 Å². The van der Waals surface area contributed by atoms with Crippen molar-refractivity contribution in [1.82, 2.24) is 14.9 Å². The molecule has 1 N–H and O–H groups in total. The van der Waals surface area contributed by atoms with E-state index >= 15 is 0 Å². The lowest BCUT2D eigenvalue weighted by Gasteiger charge is -2.18. The zero-order valence-electron chi connectivity index (χ0n) is 11.3. The van der Waals surface area contributed by atoms with Crippen molar-refractivity contribution < 1.29 is 18.0 Å². The predicted molar refractivity (Wildman–Crippen MR) is 71.7 cm³/mol. The van der Waals surface area contributed by atoms with Crippen LogP contribution < -0.4 is 5.32 Å². The van der Waals surface area contributed by atoms with Gasteiger partial charge < -0.3 is 10.2 Å². The minimum atomic E-state index is -4.52. The molecule has 1 aromatic carbocycles. The van der Waals surface area contributed by atoms with Crippen molar-refractivity contribution in [1.29, 1.82) is 0 Å². The number of anilines is 1. The van der Waals surface area contributed by atoms with Crippen LogP contribution in [0.4, 0.5) is 23.7 Å². The molecule has 8 heteroatoms. The Kier molecular flexibility index (Phi) is 3.44. The molecule has 0 spiro atoms. The summed E-state index contributed by atoms with van der Waals surface area (Å²) in [4.78, 5) is 21.4. The molecular formula is C14H11F3N4O. The molecule has 1 aromatic heterocycles. The molecule has 0 radical (unpaired) electrons. The highest BCUT2D eigenvalue weighted by molar-refractivity contribution is 5.90. The van der Waals surface area contributed by atoms with Gasteiger partial charge in [0, 0.05) is 11.8 Å². The molecule has 22 heavy (non-hydrogen) atoms. The number of amides is 2. The molecule has 2 amide bonds. The first-order valence-electron chi connectivity index (χ1n) is 6.45. The molecule has 0 atom stereocenters. The average molecular weight is 308 g/mol. The maximum absolute atomic E-state index is 12.9. The number of alkyl halides is 3. The molecule has 0 saturated heterocycles. The highest BCUT2D eigenvalue weighted by Crippen LogP contribution is 2.34. The third-order valence-electron chi connectivity index (χ3n) is 3.34. The lowest BCUT2D eigenvalue weighted by atomic mass is 10.1. The molecule has 2 aromatic rings. The van der Waals surface area contributed by atoms with E-state index in [-0.39, 0.29) is 18.8 Å². The van der Waals surface area contributed by atoms with Crippen molar-refractivity contribution in [2.45, 2.75) is 19.3 Å². The second kappa shape index (κ2) is 5.28. The number of carbonyl (C=O) groups excluding carboxylic acids is 1. The number of rotatable bonds is 1. The molecule has 1 aliphatic heterocycles. The summed E-state index contributed by atoms with van der Waals surface area (Å²) in [5, 5.41) is 2.31. The van der Waals surface area contributed by atoms with E-state index in [9.17, 15) is 18.0 Å². The van der Waals surface area contributed by atoms with Gasteiger partial charge in [0.05, 0.1) is 30.0 Å². The van der Waals surface area contributed by atoms with Crippen molar-refractivity contribution in [2.24, 2.45) is 0 Å². The van der Waals surface area contributed by atoms with Gasteiger partial charge in [0.15, 0.2) is 0 Å². The first-order chi connectivity index (χ1) is 10.4. The van der Waals surface area contributed by atoms with Crippen molar-refractivity contribution >= 4 is 11.7 Å². The molecule has 0 aliphatic carbocycles. The number of carbonyl (C=O) groups is 1. The second-order valence-electron chi connectivity index (χ2n) is 4.82. The SMILES string of the molecule is O=C(Nc1ccccc1C(F)(F)F)N1Cc2cncnc2C1. The van der Waals surface area contributed by atoms with Gasteiger partial charge in [-0.1, -0.05) is 12.1 Å². The Bertz CT molecular complexity index is 692. The Morgan fingerprint density at radius 1 is 1.23 bits per heavy atom. The Hall–Kier alpha value is -2.64. The quantitative estimate of drug-likeness (QED) is 0.881. The largest absolute Gasteiger partial charge is 0.418 e. The van der Waals surface area contributed by atoms with Gasteiger partial charge in [0.25, 0.3) is 0 Å². The fourth-order valence-corrected chi connectivity index (χ4v) is 2.28. The number of benzene rings is 1. The van der Waals surface area contributed by atoms with Crippen LogP contribution in [0.25, 0.3) is 0 Å². The third-order valence-corrected chi connectivity index (χ3v) is 3.34. The van der Waals surface area contributed by atoms with Crippen molar-refractivity contribution in [3.05, 3.63) is 53.6 Å². The summed E-state index contributed by atoms with van der Waals surface area (Å²) in [7, 11) is 0. The molecule has 2 heterocycles. The number of nitrogens with zero attached hydrogens (tertiary/aromatic N) is 3. The standard InChI is InChI=1S/C14H11F3N4O/c15-14(16,17)10-3-1-2-4-11(10)20-13(22)21-6-9-5-18-8-19-12(9)7-21/h1-5,8H,6-7H2,(H,20,22). The summed E-state index contributed by atoms with van der Waals surface area (Å²) in [6.45, 7) is 0.522. The van der Waals surface area contributed by atoms with E-state index in [1.165, 1.54) is 29.4 Å². The summed E-state index contributed by atoms with van der Waals surface area (Å²) < 4.78 is 38.7. The lowest BCUT2D eigenvalue weighted by molar-refractivity contribution is -0.136. The van der Waals surface area contributed by atoms with Gasteiger partial charge in [0.2, 0.25) is 0 Å². The maximum atomic E-state index is 12.9. The van der Waals surface area contributed by atoms with Crippen LogP contribution in [0.3, 0.4) is 0 Å². The molecule has 0 fully saturated rings. The highest BCUT2D eigenvalue weighted by Gasteiger charge is 2.34. The number of halogens is 3. The third kappa shape index (κ3) is 2.72. The van der Waals surface area contributed by atoms with E-state index in [4.69, 9.17) is 0 Å². The number of aromatic nitrogens is 2. The monoisotopic (exact) mass is 308 g/mol. The predicted octanol–water partition coefficient (Wildman–Crippen LogP) is 3.04. The molecule has 114 valence electrons. The molecule has 1 aliphatic rings. The highest BCUT2D eigenvalue weighted by atomic mass is 19.4. The van der Waals surface area contributed by atoms with Crippen LogP contribution in [0.1, 0.15) is 16.8 Å². The van der Waals surface area contributed by atoms with Gasteiger partial charge in [-0.2, -0.15) is 13.2 Å². The zero-order chi connectivity index (χ0) is 15.7. The summed E-state index contributed by atoms with van der Waals surface area (Å²) in [5.41, 5.74) is 0.359. The lowest BCUT2D eigenvalue weighted by Crippen LogP contribution is -2.31. The van der Waals surface area contributed by atoms with E-state index in [1.807, 2.05) is 0 Å². The zero-order valence-corrected chi connectivity index (χ0v) is 11.3. The maximum Gasteiger partial charge on any atom is 0.418 e. The minimum Gasteiger partial charge on any atom is -0.314 e. The van der Waals surface area contributed by atoms with Gasteiger partial charge in [0.1, 0.15) is 6.33 Å². The Balaban J connectivity index is 1.77. The molecule has 3 rings (SSSR count). The van der Waals surface area contributed by atoms with Gasteiger partial charge in [-0.15, -0.1) is 0 Å². The van der Waals surface area contributed by atoms with Gasteiger partial charge in [-0.25, -0.2) is 14.8 Å². The topological polar surface area (TPSA) is 58.1 Å². The first-order valence-corrected chi connectivity index (χ1v) is 6.45. The Morgan fingerprint density at radius 3 is 2.73 bits per heavy atom. The normalized spacial score (nSPS) is 13.9. The van der Waals surface area contributed by atoms with Crippen LogP contribution in [0.2, 0.25) is 0 Å². The summed E-state index contributed by atoms with van der Waals surface area (Å²) >= 11 is 0. The van der Waals surface area contributed by atoms with Crippen molar-refractivity contribution in [3.63, 3.8) is 0 Å². The molecule has 0 saturated carbocycles. The van der Waals surface area contributed by atoms with Crippen LogP contribution in [0, 0.1) is 0 Å². The van der Waals surface area contributed by atoms with Crippen molar-refractivity contribution in [3.8, 4) is 0 Å². The number of hydrogen-bond donors (Lipinski definition) is 1. The number of para-hydroxylation sites is 1. The number of urea groups is 1.